The average Bonchev–Trinajstić information content (AvgIpc) is 2.18. The van der Waals surface area contributed by atoms with Crippen molar-refractivity contribution in [3.63, 3.8) is 0 Å². The van der Waals surface area contributed by atoms with Gasteiger partial charge in [0.25, 0.3) is 0 Å². The lowest BCUT2D eigenvalue weighted by molar-refractivity contribution is 0.398. The van der Waals surface area contributed by atoms with Crippen molar-refractivity contribution in [2.75, 3.05) is 7.11 Å². The van der Waals surface area contributed by atoms with Gasteiger partial charge in [0.1, 0.15) is 6.33 Å². The quantitative estimate of drug-likeness (QED) is 0.656. The number of aromatic nitrogens is 3. The molecule has 66 valence electrons. The molecule has 0 unspecified atom stereocenters. The molecule has 0 aliphatic rings. The molecule has 0 aromatic carbocycles. The number of hydrogen-bond acceptors (Lipinski definition) is 4. The molecular formula is C9H9N3O. The molecule has 0 fully saturated rings. The Bertz CT molecular complexity index is 442. The predicted molar refractivity (Wildman–Crippen MR) is 48.6 cm³/mol. The zero-order valence-electron chi connectivity index (χ0n) is 7.48. The van der Waals surface area contributed by atoms with E-state index in [0.717, 1.165) is 16.6 Å². The van der Waals surface area contributed by atoms with Gasteiger partial charge in [-0.1, -0.05) is 0 Å². The molecule has 0 bridgehead atoms. The number of fused-ring (bicyclic) bond motifs is 1. The van der Waals surface area contributed by atoms with Gasteiger partial charge in [0, 0.05) is 17.6 Å². The summed E-state index contributed by atoms with van der Waals surface area (Å²) in [5.74, 6) is 0.575. The topological polar surface area (TPSA) is 47.9 Å². The highest BCUT2D eigenvalue weighted by molar-refractivity contribution is 5.80. The average molecular weight is 175 g/mol. The van der Waals surface area contributed by atoms with Crippen LogP contribution < -0.4 is 4.74 Å². The molecule has 4 heteroatoms. The van der Waals surface area contributed by atoms with Gasteiger partial charge in [-0.3, -0.25) is 0 Å². The number of pyridine rings is 1. The van der Waals surface area contributed by atoms with Crippen LogP contribution in [0.3, 0.4) is 0 Å². The molecule has 0 aliphatic heterocycles. The van der Waals surface area contributed by atoms with E-state index >= 15 is 0 Å². The van der Waals surface area contributed by atoms with Gasteiger partial charge in [0.2, 0.25) is 5.88 Å². The molecule has 0 aliphatic carbocycles. The maximum atomic E-state index is 4.99. The van der Waals surface area contributed by atoms with Crippen LogP contribution in [0.1, 0.15) is 5.69 Å². The molecule has 0 amide bonds. The summed E-state index contributed by atoms with van der Waals surface area (Å²) >= 11 is 0. The van der Waals surface area contributed by atoms with Crippen LogP contribution in [-0.4, -0.2) is 22.1 Å². The lowest BCUT2D eigenvalue weighted by Crippen LogP contribution is -1.91. The third-order valence-corrected chi connectivity index (χ3v) is 1.90. The number of ether oxygens (including phenoxy) is 1. The van der Waals surface area contributed by atoms with E-state index in [-0.39, 0.29) is 0 Å². The molecule has 2 heterocycles. The standard InChI is InChI=1S/C9H9N3O/c1-6-7-4-10-9(13-2)3-8(7)12-5-11-6/h3-5H,1-2H3. The Kier molecular flexibility index (Phi) is 1.81. The second-order valence-corrected chi connectivity index (χ2v) is 2.70. The van der Waals surface area contributed by atoms with Crippen molar-refractivity contribution in [1.29, 1.82) is 0 Å². The fourth-order valence-electron chi connectivity index (χ4n) is 1.17. The van der Waals surface area contributed by atoms with Gasteiger partial charge < -0.3 is 4.74 Å². The van der Waals surface area contributed by atoms with Crippen LogP contribution in [0.5, 0.6) is 5.88 Å². The molecule has 2 rings (SSSR count). The maximum absolute atomic E-state index is 4.99. The van der Waals surface area contributed by atoms with Gasteiger partial charge >= 0.3 is 0 Å². The SMILES string of the molecule is COc1cc2ncnc(C)c2cn1. The van der Waals surface area contributed by atoms with Gasteiger partial charge in [0.15, 0.2) is 0 Å². The molecule has 0 N–H and O–H groups in total. The van der Waals surface area contributed by atoms with E-state index in [1.807, 2.05) is 6.92 Å². The summed E-state index contributed by atoms with van der Waals surface area (Å²) in [4.78, 5) is 12.3. The Morgan fingerprint density at radius 1 is 1.23 bits per heavy atom. The molecule has 2 aromatic rings. The first-order valence-electron chi connectivity index (χ1n) is 3.92. The van der Waals surface area contributed by atoms with E-state index in [9.17, 15) is 0 Å². The molecular weight excluding hydrogens is 166 g/mol. The third-order valence-electron chi connectivity index (χ3n) is 1.90. The Labute approximate surface area is 75.6 Å². The number of nitrogens with zero attached hydrogens (tertiary/aromatic N) is 3. The molecule has 0 atom stereocenters. The predicted octanol–water partition coefficient (Wildman–Crippen LogP) is 1.34. The molecule has 0 saturated carbocycles. The smallest absolute Gasteiger partial charge is 0.215 e. The van der Waals surface area contributed by atoms with Crippen LogP contribution in [0.25, 0.3) is 10.9 Å². The highest BCUT2D eigenvalue weighted by atomic mass is 16.5. The van der Waals surface area contributed by atoms with E-state index < -0.39 is 0 Å². The van der Waals surface area contributed by atoms with Crippen LogP contribution in [0.4, 0.5) is 0 Å². The zero-order valence-corrected chi connectivity index (χ0v) is 7.48. The molecule has 4 nitrogen and oxygen atoms in total. The van der Waals surface area contributed by atoms with Crippen LogP contribution in [-0.2, 0) is 0 Å². The first-order chi connectivity index (χ1) is 6.31. The lowest BCUT2D eigenvalue weighted by atomic mass is 10.2. The second kappa shape index (κ2) is 2.97. The monoisotopic (exact) mass is 175 g/mol. The van der Waals surface area contributed by atoms with Gasteiger partial charge in [-0.2, -0.15) is 0 Å². The Hall–Kier alpha value is -1.71. The minimum atomic E-state index is 0.575. The first kappa shape index (κ1) is 7.91. The Morgan fingerprint density at radius 2 is 2.08 bits per heavy atom. The van der Waals surface area contributed by atoms with Crippen molar-refractivity contribution in [1.82, 2.24) is 15.0 Å². The van der Waals surface area contributed by atoms with Crippen molar-refractivity contribution in [3.8, 4) is 5.88 Å². The lowest BCUT2D eigenvalue weighted by Gasteiger charge is -2.01. The van der Waals surface area contributed by atoms with Crippen molar-refractivity contribution >= 4 is 10.9 Å². The van der Waals surface area contributed by atoms with Crippen molar-refractivity contribution < 1.29 is 4.74 Å². The summed E-state index contributed by atoms with van der Waals surface area (Å²) in [5.41, 5.74) is 1.79. The van der Waals surface area contributed by atoms with Crippen molar-refractivity contribution in [3.05, 3.63) is 24.3 Å². The minimum Gasteiger partial charge on any atom is -0.481 e. The summed E-state index contributed by atoms with van der Waals surface area (Å²) in [6.07, 6.45) is 3.26. The van der Waals surface area contributed by atoms with Crippen molar-refractivity contribution in [2.45, 2.75) is 6.92 Å². The van der Waals surface area contributed by atoms with Crippen LogP contribution >= 0.6 is 0 Å². The zero-order chi connectivity index (χ0) is 9.26. The number of methoxy groups -OCH3 is 1. The molecule has 2 aromatic heterocycles. The van der Waals surface area contributed by atoms with E-state index in [1.54, 1.807) is 19.4 Å². The molecule has 0 spiro atoms. The van der Waals surface area contributed by atoms with E-state index in [0.29, 0.717) is 5.88 Å². The van der Waals surface area contributed by atoms with Crippen LogP contribution in [0.2, 0.25) is 0 Å². The minimum absolute atomic E-state index is 0.575. The molecule has 13 heavy (non-hydrogen) atoms. The second-order valence-electron chi connectivity index (χ2n) is 2.70. The summed E-state index contributed by atoms with van der Waals surface area (Å²) < 4.78 is 4.99. The Balaban J connectivity index is 2.72. The number of aryl methyl sites for hydroxylation is 1. The molecule has 0 saturated heterocycles. The first-order valence-corrected chi connectivity index (χ1v) is 3.92. The number of hydrogen-bond donors (Lipinski definition) is 0. The summed E-state index contributed by atoms with van der Waals surface area (Å²) in [6.45, 7) is 1.93. The normalized spacial score (nSPS) is 10.3. The number of rotatable bonds is 1. The molecule has 0 radical (unpaired) electrons. The summed E-state index contributed by atoms with van der Waals surface area (Å²) in [6, 6.07) is 1.80. The van der Waals surface area contributed by atoms with Crippen LogP contribution in [0, 0.1) is 6.92 Å². The van der Waals surface area contributed by atoms with Gasteiger partial charge in [-0.15, -0.1) is 0 Å². The Morgan fingerprint density at radius 3 is 2.85 bits per heavy atom. The fraction of sp³-hybridized carbons (Fsp3) is 0.222. The van der Waals surface area contributed by atoms with E-state index in [2.05, 4.69) is 15.0 Å². The van der Waals surface area contributed by atoms with Crippen molar-refractivity contribution in [2.24, 2.45) is 0 Å². The van der Waals surface area contributed by atoms with Gasteiger partial charge in [-0.25, -0.2) is 15.0 Å². The van der Waals surface area contributed by atoms with Gasteiger partial charge in [0.05, 0.1) is 18.3 Å². The highest BCUT2D eigenvalue weighted by Crippen LogP contribution is 2.16. The summed E-state index contributed by atoms with van der Waals surface area (Å²) in [7, 11) is 1.59. The fourth-order valence-corrected chi connectivity index (χ4v) is 1.17. The largest absolute Gasteiger partial charge is 0.481 e. The van der Waals surface area contributed by atoms with E-state index in [1.165, 1.54) is 6.33 Å². The maximum Gasteiger partial charge on any atom is 0.215 e. The highest BCUT2D eigenvalue weighted by Gasteiger charge is 2.01. The van der Waals surface area contributed by atoms with E-state index in [4.69, 9.17) is 4.74 Å². The van der Waals surface area contributed by atoms with Gasteiger partial charge in [-0.05, 0) is 6.92 Å². The summed E-state index contributed by atoms with van der Waals surface area (Å²) in [5, 5.41) is 0.961. The third kappa shape index (κ3) is 1.30. The van der Waals surface area contributed by atoms with Crippen LogP contribution in [0.15, 0.2) is 18.6 Å².